The summed E-state index contributed by atoms with van der Waals surface area (Å²) in [5.41, 5.74) is 4.14. The molecule has 24 heavy (non-hydrogen) atoms. The third-order valence-electron chi connectivity index (χ3n) is 4.59. The van der Waals surface area contributed by atoms with Gasteiger partial charge in [0.25, 0.3) is 0 Å². The first kappa shape index (κ1) is 15.0. The van der Waals surface area contributed by atoms with Crippen LogP contribution in [0.1, 0.15) is 22.6 Å². The minimum Gasteiger partial charge on any atom is -0.457 e. The van der Waals surface area contributed by atoms with Crippen molar-refractivity contribution < 1.29 is 4.74 Å². The Morgan fingerprint density at radius 1 is 0.792 bits per heavy atom. The predicted molar refractivity (Wildman–Crippen MR) is 97.8 cm³/mol. The quantitative estimate of drug-likeness (QED) is 0.752. The smallest absolute Gasteiger partial charge is 0.127 e. The van der Waals surface area contributed by atoms with Crippen molar-refractivity contribution in [3.8, 4) is 11.5 Å². The van der Waals surface area contributed by atoms with Crippen molar-refractivity contribution in [2.24, 2.45) is 0 Å². The number of hydrogen-bond acceptors (Lipinski definition) is 2. The fraction of sp³-hybridized carbons (Fsp3) is 0.182. The molecule has 0 fully saturated rings. The maximum atomic E-state index is 6.05. The molecule has 1 heterocycles. The van der Waals surface area contributed by atoms with E-state index >= 15 is 0 Å². The lowest BCUT2D eigenvalue weighted by molar-refractivity contribution is 0.481. The van der Waals surface area contributed by atoms with Gasteiger partial charge < -0.3 is 10.1 Å². The van der Waals surface area contributed by atoms with Crippen LogP contribution in [0.5, 0.6) is 11.5 Å². The maximum absolute atomic E-state index is 6.05. The Kier molecular flexibility index (Phi) is 4.30. The molecule has 0 spiro atoms. The van der Waals surface area contributed by atoms with Crippen LogP contribution in [0.2, 0.25) is 0 Å². The third-order valence-corrected chi connectivity index (χ3v) is 4.59. The Hall–Kier alpha value is -2.58. The van der Waals surface area contributed by atoms with Gasteiger partial charge in [0.1, 0.15) is 11.5 Å². The highest BCUT2D eigenvalue weighted by atomic mass is 16.5. The minimum atomic E-state index is 0.364. The Morgan fingerprint density at radius 3 is 2.33 bits per heavy atom. The molecule has 2 nitrogen and oxygen atoms in total. The number of benzene rings is 3. The molecule has 4 rings (SSSR count). The van der Waals surface area contributed by atoms with E-state index in [0.29, 0.717) is 5.92 Å². The molecule has 1 N–H and O–H groups in total. The summed E-state index contributed by atoms with van der Waals surface area (Å²) < 4.78 is 6.05. The van der Waals surface area contributed by atoms with Crippen LogP contribution in [0, 0.1) is 0 Å². The van der Waals surface area contributed by atoms with E-state index in [9.17, 15) is 0 Å². The van der Waals surface area contributed by atoms with Gasteiger partial charge in [-0.3, -0.25) is 0 Å². The van der Waals surface area contributed by atoms with Gasteiger partial charge in [0.15, 0.2) is 0 Å². The van der Waals surface area contributed by atoms with Crippen molar-refractivity contribution in [1.82, 2.24) is 5.32 Å². The average Bonchev–Trinajstić information content (AvgIpc) is 2.85. The van der Waals surface area contributed by atoms with Crippen LogP contribution in [0.15, 0.2) is 78.9 Å². The molecular formula is C22H21NO. The molecular weight excluding hydrogens is 294 g/mol. The van der Waals surface area contributed by atoms with E-state index in [1.807, 2.05) is 30.3 Å². The van der Waals surface area contributed by atoms with Crippen molar-refractivity contribution in [3.63, 3.8) is 0 Å². The topological polar surface area (TPSA) is 21.3 Å². The monoisotopic (exact) mass is 315 g/mol. The van der Waals surface area contributed by atoms with Crippen LogP contribution in [-0.4, -0.2) is 13.1 Å². The summed E-state index contributed by atoms with van der Waals surface area (Å²) in [6.07, 6.45) is 1.06. The van der Waals surface area contributed by atoms with Gasteiger partial charge in [-0.2, -0.15) is 0 Å². The van der Waals surface area contributed by atoms with Crippen LogP contribution in [-0.2, 0) is 6.42 Å². The van der Waals surface area contributed by atoms with E-state index in [1.54, 1.807) is 0 Å². The highest BCUT2D eigenvalue weighted by Crippen LogP contribution is 2.33. The molecule has 0 aromatic heterocycles. The van der Waals surface area contributed by atoms with Gasteiger partial charge in [-0.05, 0) is 53.9 Å². The van der Waals surface area contributed by atoms with Crippen LogP contribution in [0.4, 0.5) is 0 Å². The van der Waals surface area contributed by atoms with Crippen LogP contribution < -0.4 is 10.1 Å². The highest BCUT2D eigenvalue weighted by molar-refractivity contribution is 5.45. The normalized spacial score (nSPS) is 16.9. The molecule has 1 atom stereocenters. The van der Waals surface area contributed by atoms with Crippen molar-refractivity contribution >= 4 is 0 Å². The summed E-state index contributed by atoms with van der Waals surface area (Å²) in [5.74, 6) is 2.14. The summed E-state index contributed by atoms with van der Waals surface area (Å²) in [4.78, 5) is 0. The lowest BCUT2D eigenvalue weighted by atomic mass is 9.88. The van der Waals surface area contributed by atoms with Crippen LogP contribution in [0.3, 0.4) is 0 Å². The molecule has 1 aliphatic rings. The molecule has 0 saturated heterocycles. The fourth-order valence-electron chi connectivity index (χ4n) is 3.38. The molecule has 1 aliphatic heterocycles. The standard InChI is InChI=1S/C22H21NO/c1-3-7-17(8-4-1)22-16-23-14-13-18-11-12-20(15-21(18)22)24-19-9-5-2-6-10-19/h1-12,15,22-23H,13-14,16H2. The zero-order valence-corrected chi connectivity index (χ0v) is 13.6. The molecule has 1 unspecified atom stereocenters. The van der Waals surface area contributed by atoms with Crippen molar-refractivity contribution in [1.29, 1.82) is 0 Å². The molecule has 0 saturated carbocycles. The van der Waals surface area contributed by atoms with Gasteiger partial charge in [-0.25, -0.2) is 0 Å². The second-order valence-corrected chi connectivity index (χ2v) is 6.19. The van der Waals surface area contributed by atoms with Crippen LogP contribution >= 0.6 is 0 Å². The first-order chi connectivity index (χ1) is 11.9. The second kappa shape index (κ2) is 6.90. The van der Waals surface area contributed by atoms with Gasteiger partial charge in [-0.15, -0.1) is 0 Å². The molecule has 0 radical (unpaired) electrons. The van der Waals surface area contributed by atoms with Crippen molar-refractivity contribution in [3.05, 3.63) is 95.6 Å². The first-order valence-corrected chi connectivity index (χ1v) is 8.51. The Labute approximate surface area is 143 Å². The number of para-hydroxylation sites is 1. The zero-order valence-electron chi connectivity index (χ0n) is 13.6. The third kappa shape index (κ3) is 3.19. The summed E-state index contributed by atoms with van der Waals surface area (Å²) >= 11 is 0. The minimum absolute atomic E-state index is 0.364. The van der Waals surface area contributed by atoms with E-state index < -0.39 is 0 Å². The molecule has 2 heteroatoms. The average molecular weight is 315 g/mol. The largest absolute Gasteiger partial charge is 0.457 e. The van der Waals surface area contributed by atoms with E-state index in [2.05, 4.69) is 53.8 Å². The zero-order chi connectivity index (χ0) is 16.2. The number of hydrogen-bond donors (Lipinski definition) is 1. The lowest BCUT2D eigenvalue weighted by Gasteiger charge is -2.19. The van der Waals surface area contributed by atoms with E-state index in [0.717, 1.165) is 31.0 Å². The van der Waals surface area contributed by atoms with Crippen LogP contribution in [0.25, 0.3) is 0 Å². The van der Waals surface area contributed by atoms with E-state index in [1.165, 1.54) is 16.7 Å². The summed E-state index contributed by atoms with van der Waals surface area (Å²) in [6, 6.07) is 27.2. The molecule has 0 amide bonds. The van der Waals surface area contributed by atoms with Gasteiger partial charge in [0.2, 0.25) is 0 Å². The SMILES string of the molecule is c1ccc(Oc2ccc3c(c2)C(c2ccccc2)CNCC3)cc1. The number of rotatable bonds is 3. The van der Waals surface area contributed by atoms with E-state index in [-0.39, 0.29) is 0 Å². The number of fused-ring (bicyclic) bond motifs is 1. The predicted octanol–water partition coefficient (Wildman–Crippen LogP) is 4.76. The Balaban J connectivity index is 1.71. The van der Waals surface area contributed by atoms with Gasteiger partial charge in [0, 0.05) is 12.5 Å². The summed E-state index contributed by atoms with van der Waals surface area (Å²) in [6.45, 7) is 1.99. The fourth-order valence-corrected chi connectivity index (χ4v) is 3.38. The molecule has 3 aromatic carbocycles. The molecule has 0 bridgehead atoms. The highest BCUT2D eigenvalue weighted by Gasteiger charge is 2.20. The lowest BCUT2D eigenvalue weighted by Crippen LogP contribution is -2.20. The van der Waals surface area contributed by atoms with Crippen molar-refractivity contribution in [2.45, 2.75) is 12.3 Å². The maximum Gasteiger partial charge on any atom is 0.127 e. The van der Waals surface area contributed by atoms with Gasteiger partial charge in [-0.1, -0.05) is 54.6 Å². The second-order valence-electron chi connectivity index (χ2n) is 6.19. The van der Waals surface area contributed by atoms with Gasteiger partial charge in [0.05, 0.1) is 0 Å². The molecule has 120 valence electrons. The summed E-state index contributed by atoms with van der Waals surface area (Å²) in [7, 11) is 0. The Morgan fingerprint density at radius 2 is 1.54 bits per heavy atom. The molecule has 0 aliphatic carbocycles. The number of nitrogens with one attached hydrogen (secondary N) is 1. The van der Waals surface area contributed by atoms with Crippen molar-refractivity contribution in [2.75, 3.05) is 13.1 Å². The van der Waals surface area contributed by atoms with E-state index in [4.69, 9.17) is 4.74 Å². The Bertz CT molecular complexity index is 799. The first-order valence-electron chi connectivity index (χ1n) is 8.51. The van der Waals surface area contributed by atoms with Gasteiger partial charge >= 0.3 is 0 Å². The number of ether oxygens (including phenoxy) is 1. The summed E-state index contributed by atoms with van der Waals surface area (Å²) in [5, 5.41) is 3.57. The molecule has 3 aromatic rings.